The van der Waals surface area contributed by atoms with E-state index in [-0.39, 0.29) is 17.5 Å². The number of rotatable bonds is 5. The van der Waals surface area contributed by atoms with Crippen LogP contribution >= 0.6 is 11.3 Å². The fraction of sp³-hybridized carbons (Fsp3) is 0.615. The van der Waals surface area contributed by atoms with Crippen LogP contribution in [0.25, 0.3) is 0 Å². The number of aromatic carboxylic acids is 1. The summed E-state index contributed by atoms with van der Waals surface area (Å²) < 4.78 is 0. The van der Waals surface area contributed by atoms with E-state index in [1.54, 1.807) is 18.9 Å². The van der Waals surface area contributed by atoms with Crippen molar-refractivity contribution < 1.29 is 14.7 Å². The Morgan fingerprint density at radius 1 is 1.50 bits per heavy atom. The van der Waals surface area contributed by atoms with E-state index in [0.717, 1.165) is 17.9 Å². The summed E-state index contributed by atoms with van der Waals surface area (Å²) in [4.78, 5) is 28.9. The van der Waals surface area contributed by atoms with Crippen LogP contribution < -0.4 is 5.32 Å². The van der Waals surface area contributed by atoms with Crippen LogP contribution in [0.4, 0.5) is 4.79 Å². The lowest BCUT2D eigenvalue weighted by atomic mass is 9.85. The number of nitrogens with zero attached hydrogens (tertiary/aromatic N) is 2. The minimum absolute atomic E-state index is 0.137. The van der Waals surface area contributed by atoms with Gasteiger partial charge in [0.25, 0.3) is 0 Å². The Morgan fingerprint density at radius 3 is 2.70 bits per heavy atom. The highest BCUT2D eigenvalue weighted by Crippen LogP contribution is 2.26. The second-order valence-electron chi connectivity index (χ2n) is 5.16. The fourth-order valence-corrected chi connectivity index (χ4v) is 3.00. The molecule has 2 amide bonds. The molecule has 1 aromatic rings. The number of carbonyl (C=O) groups excluding carboxylic acids is 1. The van der Waals surface area contributed by atoms with Crippen LogP contribution in [0.5, 0.6) is 0 Å². The van der Waals surface area contributed by atoms with Gasteiger partial charge in [0.15, 0.2) is 0 Å². The summed E-state index contributed by atoms with van der Waals surface area (Å²) >= 11 is 1.11. The monoisotopic (exact) mass is 297 g/mol. The first-order valence-corrected chi connectivity index (χ1v) is 7.47. The van der Waals surface area contributed by atoms with E-state index < -0.39 is 5.97 Å². The van der Waals surface area contributed by atoms with E-state index in [1.807, 2.05) is 0 Å². The minimum atomic E-state index is -0.973. The van der Waals surface area contributed by atoms with Gasteiger partial charge in [-0.2, -0.15) is 0 Å². The van der Waals surface area contributed by atoms with E-state index in [1.165, 1.54) is 19.3 Å². The summed E-state index contributed by atoms with van der Waals surface area (Å²) in [7, 11) is 1.78. The van der Waals surface area contributed by atoms with Gasteiger partial charge in [-0.1, -0.05) is 6.42 Å². The summed E-state index contributed by atoms with van der Waals surface area (Å²) in [6, 6.07) is -0.137. The van der Waals surface area contributed by atoms with Crippen LogP contribution in [0.2, 0.25) is 0 Å². The number of thiazole rings is 1. The molecule has 2 N–H and O–H groups in total. The zero-order valence-corrected chi connectivity index (χ0v) is 12.5. The molecular formula is C13H19N3O3S. The Bertz CT molecular complexity index is 511. The molecule has 1 fully saturated rings. The highest BCUT2D eigenvalue weighted by molar-refractivity contribution is 7.13. The highest BCUT2D eigenvalue weighted by Gasteiger charge is 2.21. The van der Waals surface area contributed by atoms with Crippen LogP contribution in [0.1, 0.15) is 39.6 Å². The zero-order chi connectivity index (χ0) is 14.7. The Kier molecular flexibility index (Phi) is 4.59. The summed E-state index contributed by atoms with van der Waals surface area (Å²) in [5.41, 5.74) is 0.495. The van der Waals surface area contributed by atoms with Crippen molar-refractivity contribution >= 4 is 23.3 Å². The average Bonchev–Trinajstić information content (AvgIpc) is 2.72. The third-order valence-corrected chi connectivity index (χ3v) is 4.67. The maximum absolute atomic E-state index is 11.9. The summed E-state index contributed by atoms with van der Waals surface area (Å²) in [6.07, 6.45) is 3.66. The van der Waals surface area contributed by atoms with E-state index in [0.29, 0.717) is 16.6 Å². The maximum atomic E-state index is 11.9. The van der Waals surface area contributed by atoms with Crippen LogP contribution in [0.15, 0.2) is 0 Å². The molecule has 0 spiro atoms. The van der Waals surface area contributed by atoms with Crippen molar-refractivity contribution in [3.05, 3.63) is 15.6 Å². The Morgan fingerprint density at radius 2 is 2.20 bits per heavy atom. The first-order chi connectivity index (χ1) is 9.47. The van der Waals surface area contributed by atoms with Gasteiger partial charge in [0.05, 0.1) is 12.2 Å². The van der Waals surface area contributed by atoms with Gasteiger partial charge in [0, 0.05) is 13.6 Å². The van der Waals surface area contributed by atoms with Gasteiger partial charge < -0.3 is 15.3 Å². The van der Waals surface area contributed by atoms with Gasteiger partial charge in [-0.25, -0.2) is 14.6 Å². The molecule has 6 nitrogen and oxygen atoms in total. The van der Waals surface area contributed by atoms with E-state index >= 15 is 0 Å². The maximum Gasteiger partial charge on any atom is 0.347 e. The SMILES string of the molecule is Cc1nc(CNC(=O)N(C)CC2CCC2)sc1C(=O)O. The molecule has 1 aliphatic carbocycles. The Balaban J connectivity index is 1.83. The summed E-state index contributed by atoms with van der Waals surface area (Å²) in [6.45, 7) is 2.71. The molecular weight excluding hydrogens is 278 g/mol. The number of carboxylic acid groups (broad SMARTS) is 1. The predicted octanol–water partition coefficient (Wildman–Crippen LogP) is 2.09. The summed E-state index contributed by atoms with van der Waals surface area (Å²) in [5, 5.41) is 12.3. The molecule has 1 aromatic heterocycles. The first-order valence-electron chi connectivity index (χ1n) is 6.66. The smallest absolute Gasteiger partial charge is 0.347 e. The molecule has 1 heterocycles. The minimum Gasteiger partial charge on any atom is -0.477 e. The quantitative estimate of drug-likeness (QED) is 0.872. The molecule has 20 heavy (non-hydrogen) atoms. The number of urea groups is 1. The molecule has 0 radical (unpaired) electrons. The molecule has 0 bridgehead atoms. The van der Waals surface area contributed by atoms with Crippen molar-refractivity contribution in [3.8, 4) is 0 Å². The highest BCUT2D eigenvalue weighted by atomic mass is 32.1. The molecule has 0 saturated heterocycles. The normalized spacial score (nSPS) is 14.7. The lowest BCUT2D eigenvalue weighted by Gasteiger charge is -2.30. The number of hydrogen-bond donors (Lipinski definition) is 2. The average molecular weight is 297 g/mol. The molecule has 110 valence electrons. The van der Waals surface area contributed by atoms with Gasteiger partial charge in [0.2, 0.25) is 0 Å². The van der Waals surface area contributed by atoms with E-state index in [9.17, 15) is 9.59 Å². The molecule has 1 aliphatic rings. The standard InChI is InChI=1S/C13H19N3O3S/c1-8-11(12(17)18)20-10(15-8)6-14-13(19)16(2)7-9-4-3-5-9/h9H,3-7H2,1-2H3,(H,14,19)(H,17,18). The van der Waals surface area contributed by atoms with E-state index in [4.69, 9.17) is 5.11 Å². The van der Waals surface area contributed by atoms with Crippen molar-refractivity contribution in [1.82, 2.24) is 15.2 Å². The molecule has 0 unspecified atom stereocenters. The van der Waals surface area contributed by atoms with Crippen molar-refractivity contribution in [2.45, 2.75) is 32.7 Å². The molecule has 7 heteroatoms. The van der Waals surface area contributed by atoms with Crippen molar-refractivity contribution in [3.63, 3.8) is 0 Å². The second kappa shape index (κ2) is 6.21. The van der Waals surface area contributed by atoms with Gasteiger partial charge in [-0.3, -0.25) is 0 Å². The fourth-order valence-electron chi connectivity index (χ4n) is 2.16. The molecule has 0 aromatic carbocycles. The predicted molar refractivity (Wildman–Crippen MR) is 76.0 cm³/mol. The van der Waals surface area contributed by atoms with Crippen LogP contribution in [0, 0.1) is 12.8 Å². The first kappa shape index (κ1) is 14.8. The summed E-state index contributed by atoms with van der Waals surface area (Å²) in [5.74, 6) is -0.342. The number of carbonyl (C=O) groups is 2. The van der Waals surface area contributed by atoms with Crippen molar-refractivity contribution in [1.29, 1.82) is 0 Å². The number of hydrogen-bond acceptors (Lipinski definition) is 4. The molecule has 0 aliphatic heterocycles. The number of nitrogens with one attached hydrogen (secondary N) is 1. The largest absolute Gasteiger partial charge is 0.477 e. The van der Waals surface area contributed by atoms with Crippen LogP contribution in [0.3, 0.4) is 0 Å². The van der Waals surface area contributed by atoms with Gasteiger partial charge in [-0.15, -0.1) is 11.3 Å². The van der Waals surface area contributed by atoms with E-state index in [2.05, 4.69) is 10.3 Å². The Labute approximate surface area is 121 Å². The molecule has 0 atom stereocenters. The number of aryl methyl sites for hydroxylation is 1. The number of amides is 2. The lowest BCUT2D eigenvalue weighted by molar-refractivity contribution is 0.0701. The van der Waals surface area contributed by atoms with Gasteiger partial charge in [0.1, 0.15) is 9.88 Å². The van der Waals surface area contributed by atoms with Crippen molar-refractivity contribution in [2.75, 3.05) is 13.6 Å². The third kappa shape index (κ3) is 3.47. The van der Waals surface area contributed by atoms with Crippen molar-refractivity contribution in [2.24, 2.45) is 5.92 Å². The molecule has 2 rings (SSSR count). The number of aromatic nitrogens is 1. The lowest BCUT2D eigenvalue weighted by Crippen LogP contribution is -2.40. The Hall–Kier alpha value is -1.63. The zero-order valence-electron chi connectivity index (χ0n) is 11.7. The van der Waals surface area contributed by atoms with Gasteiger partial charge >= 0.3 is 12.0 Å². The number of carboxylic acids is 1. The third-order valence-electron chi connectivity index (χ3n) is 3.53. The molecule has 1 saturated carbocycles. The second-order valence-corrected chi connectivity index (χ2v) is 6.25. The van der Waals surface area contributed by atoms with Crippen LogP contribution in [-0.2, 0) is 6.54 Å². The topological polar surface area (TPSA) is 82.5 Å². The van der Waals surface area contributed by atoms with Crippen LogP contribution in [-0.4, -0.2) is 40.6 Å². The van der Waals surface area contributed by atoms with Gasteiger partial charge in [-0.05, 0) is 25.7 Å².